The van der Waals surface area contributed by atoms with E-state index >= 15 is 0 Å². The molecule has 6 heteroatoms. The summed E-state index contributed by atoms with van der Waals surface area (Å²) in [4.78, 5) is 24.0. The highest BCUT2D eigenvalue weighted by atomic mass is 32.1. The first kappa shape index (κ1) is 12.4. The van der Waals surface area contributed by atoms with Crippen LogP contribution in [0.3, 0.4) is 0 Å². The lowest BCUT2D eigenvalue weighted by Crippen LogP contribution is -2.19. The Kier molecular flexibility index (Phi) is 2.97. The third kappa shape index (κ3) is 2.15. The number of rotatable bonds is 3. The van der Waals surface area contributed by atoms with E-state index in [1.165, 1.54) is 11.3 Å². The highest BCUT2D eigenvalue weighted by molar-refractivity contribution is 7.10. The summed E-state index contributed by atoms with van der Waals surface area (Å²) >= 11 is 1.50. The van der Waals surface area contributed by atoms with Gasteiger partial charge in [-0.05, 0) is 24.3 Å². The van der Waals surface area contributed by atoms with Crippen LogP contribution in [0.15, 0.2) is 29.6 Å². The fraction of sp³-hybridized carbons (Fsp3) is 0.0714. The van der Waals surface area contributed by atoms with Crippen LogP contribution >= 0.6 is 11.3 Å². The van der Waals surface area contributed by atoms with Crippen LogP contribution in [0.4, 0.5) is 5.69 Å². The van der Waals surface area contributed by atoms with Crippen LogP contribution in [0, 0.1) is 11.3 Å². The monoisotopic (exact) mass is 283 g/mol. The van der Waals surface area contributed by atoms with Crippen molar-refractivity contribution in [1.29, 1.82) is 5.26 Å². The SMILES string of the molecule is N#Cc1csc(CNc2ccc3c(c2)C(=O)NC3=O)c1. The molecule has 0 bridgehead atoms. The summed E-state index contributed by atoms with van der Waals surface area (Å²) in [5.41, 5.74) is 2.21. The van der Waals surface area contributed by atoms with Gasteiger partial charge < -0.3 is 5.32 Å². The summed E-state index contributed by atoms with van der Waals surface area (Å²) in [6, 6.07) is 8.96. The fourth-order valence-corrected chi connectivity index (χ4v) is 2.75. The molecule has 3 rings (SSSR count). The second kappa shape index (κ2) is 4.79. The molecule has 0 spiro atoms. The maximum Gasteiger partial charge on any atom is 0.259 e. The Morgan fingerprint density at radius 3 is 2.75 bits per heavy atom. The first-order valence-corrected chi connectivity index (χ1v) is 6.76. The van der Waals surface area contributed by atoms with Gasteiger partial charge in [-0.3, -0.25) is 14.9 Å². The molecule has 20 heavy (non-hydrogen) atoms. The molecule has 1 aliphatic rings. The maximum atomic E-state index is 11.6. The molecular weight excluding hydrogens is 274 g/mol. The standard InChI is InChI=1S/C14H9N3O2S/c15-5-8-3-10(20-7-8)6-16-9-1-2-11-12(4-9)14(19)17-13(11)18/h1-4,7,16H,6H2,(H,17,18,19). The second-order valence-corrected chi connectivity index (χ2v) is 5.31. The average Bonchev–Trinajstić information content (AvgIpc) is 3.02. The van der Waals surface area contributed by atoms with Crippen molar-refractivity contribution in [2.75, 3.05) is 5.32 Å². The van der Waals surface area contributed by atoms with Crippen molar-refractivity contribution in [3.63, 3.8) is 0 Å². The molecule has 0 saturated carbocycles. The molecule has 0 fully saturated rings. The lowest BCUT2D eigenvalue weighted by Gasteiger charge is -2.05. The zero-order chi connectivity index (χ0) is 14.1. The van der Waals surface area contributed by atoms with Gasteiger partial charge in [-0.1, -0.05) is 0 Å². The first-order valence-electron chi connectivity index (χ1n) is 5.88. The van der Waals surface area contributed by atoms with Crippen molar-refractivity contribution in [2.24, 2.45) is 0 Å². The number of nitrogens with zero attached hydrogens (tertiary/aromatic N) is 1. The molecule has 2 aromatic rings. The highest BCUT2D eigenvalue weighted by Crippen LogP contribution is 2.21. The number of imide groups is 1. The minimum Gasteiger partial charge on any atom is -0.380 e. The Morgan fingerprint density at radius 1 is 1.20 bits per heavy atom. The Morgan fingerprint density at radius 2 is 2.00 bits per heavy atom. The smallest absolute Gasteiger partial charge is 0.259 e. The van der Waals surface area contributed by atoms with E-state index in [4.69, 9.17) is 5.26 Å². The molecule has 0 radical (unpaired) electrons. The predicted molar refractivity (Wildman–Crippen MR) is 74.6 cm³/mol. The van der Waals surface area contributed by atoms with Crippen molar-refractivity contribution in [2.45, 2.75) is 6.54 Å². The summed E-state index contributed by atoms with van der Waals surface area (Å²) in [6.07, 6.45) is 0. The van der Waals surface area contributed by atoms with E-state index in [1.807, 2.05) is 6.07 Å². The van der Waals surface area contributed by atoms with Gasteiger partial charge in [0.2, 0.25) is 0 Å². The van der Waals surface area contributed by atoms with Crippen LogP contribution in [-0.2, 0) is 6.54 Å². The third-order valence-electron chi connectivity index (χ3n) is 2.99. The van der Waals surface area contributed by atoms with Crippen molar-refractivity contribution in [3.8, 4) is 6.07 Å². The van der Waals surface area contributed by atoms with Crippen LogP contribution in [0.5, 0.6) is 0 Å². The second-order valence-electron chi connectivity index (χ2n) is 4.31. The number of carbonyl (C=O) groups excluding carboxylic acids is 2. The van der Waals surface area contributed by atoms with E-state index in [1.54, 1.807) is 23.6 Å². The van der Waals surface area contributed by atoms with E-state index in [9.17, 15) is 9.59 Å². The summed E-state index contributed by atoms with van der Waals surface area (Å²) in [5.74, 6) is -0.718. The molecular formula is C14H9N3O2S. The van der Waals surface area contributed by atoms with Gasteiger partial charge >= 0.3 is 0 Å². The number of nitriles is 1. The van der Waals surface area contributed by atoms with Crippen molar-refractivity contribution in [3.05, 3.63) is 51.2 Å². The summed E-state index contributed by atoms with van der Waals surface area (Å²) in [5, 5.41) is 16.0. The normalized spacial score (nSPS) is 12.8. The lowest BCUT2D eigenvalue weighted by molar-refractivity contribution is 0.0879. The Bertz CT molecular complexity index is 758. The van der Waals surface area contributed by atoms with Crippen LogP contribution < -0.4 is 10.6 Å². The molecule has 1 aliphatic heterocycles. The number of hydrogen-bond donors (Lipinski definition) is 2. The van der Waals surface area contributed by atoms with Crippen LogP contribution in [0.1, 0.15) is 31.2 Å². The molecule has 0 saturated heterocycles. The number of anilines is 1. The highest BCUT2D eigenvalue weighted by Gasteiger charge is 2.26. The number of fused-ring (bicyclic) bond motifs is 1. The van der Waals surface area contributed by atoms with Gasteiger partial charge in [-0.25, -0.2) is 0 Å². The number of nitrogens with one attached hydrogen (secondary N) is 2. The van der Waals surface area contributed by atoms with E-state index in [0.717, 1.165) is 10.6 Å². The Hall–Kier alpha value is -2.65. The van der Waals surface area contributed by atoms with Crippen molar-refractivity contribution >= 4 is 28.8 Å². The van der Waals surface area contributed by atoms with Gasteiger partial charge in [0.05, 0.1) is 16.7 Å². The van der Waals surface area contributed by atoms with Crippen LogP contribution in [0.25, 0.3) is 0 Å². The van der Waals surface area contributed by atoms with E-state index in [0.29, 0.717) is 23.2 Å². The topological polar surface area (TPSA) is 82.0 Å². The maximum absolute atomic E-state index is 11.6. The van der Waals surface area contributed by atoms with Gasteiger partial charge in [-0.15, -0.1) is 11.3 Å². The molecule has 2 heterocycles. The number of carbonyl (C=O) groups is 2. The van der Waals surface area contributed by atoms with Crippen molar-refractivity contribution in [1.82, 2.24) is 5.32 Å². The number of amides is 2. The van der Waals surface area contributed by atoms with Gasteiger partial charge in [-0.2, -0.15) is 5.26 Å². The summed E-state index contributed by atoms with van der Waals surface area (Å²) in [6.45, 7) is 0.570. The number of thiophene rings is 1. The van der Waals surface area contributed by atoms with Crippen LogP contribution in [-0.4, -0.2) is 11.8 Å². The molecule has 2 N–H and O–H groups in total. The Labute approximate surface area is 118 Å². The van der Waals surface area contributed by atoms with Gasteiger partial charge in [0.25, 0.3) is 11.8 Å². The molecule has 98 valence electrons. The molecule has 5 nitrogen and oxygen atoms in total. The van der Waals surface area contributed by atoms with Gasteiger partial charge in [0.1, 0.15) is 6.07 Å². The quantitative estimate of drug-likeness (QED) is 0.845. The molecule has 0 atom stereocenters. The Balaban J connectivity index is 1.76. The molecule has 1 aromatic carbocycles. The van der Waals surface area contributed by atoms with E-state index in [-0.39, 0.29) is 11.8 Å². The van der Waals surface area contributed by atoms with Crippen LogP contribution in [0.2, 0.25) is 0 Å². The summed E-state index contributed by atoms with van der Waals surface area (Å²) in [7, 11) is 0. The molecule has 2 amide bonds. The van der Waals surface area contributed by atoms with E-state index in [2.05, 4.69) is 16.7 Å². The molecule has 0 unspecified atom stereocenters. The summed E-state index contributed by atoms with van der Waals surface area (Å²) < 4.78 is 0. The largest absolute Gasteiger partial charge is 0.380 e. The number of benzene rings is 1. The van der Waals surface area contributed by atoms with Crippen molar-refractivity contribution < 1.29 is 9.59 Å². The lowest BCUT2D eigenvalue weighted by atomic mass is 10.1. The zero-order valence-electron chi connectivity index (χ0n) is 10.3. The third-order valence-corrected chi connectivity index (χ3v) is 3.92. The number of hydrogen-bond acceptors (Lipinski definition) is 5. The van der Waals surface area contributed by atoms with Gasteiger partial charge in [0.15, 0.2) is 0 Å². The van der Waals surface area contributed by atoms with Gasteiger partial charge in [0, 0.05) is 22.5 Å². The minimum absolute atomic E-state index is 0.353. The average molecular weight is 283 g/mol. The molecule has 0 aliphatic carbocycles. The predicted octanol–water partition coefficient (Wildman–Crippen LogP) is 2.12. The zero-order valence-corrected chi connectivity index (χ0v) is 11.1. The first-order chi connectivity index (χ1) is 9.67. The molecule has 1 aromatic heterocycles. The minimum atomic E-state index is -0.364. The van der Waals surface area contributed by atoms with E-state index < -0.39 is 0 Å². The fourth-order valence-electron chi connectivity index (χ4n) is 2.00.